The summed E-state index contributed by atoms with van der Waals surface area (Å²) in [5.41, 5.74) is 0. The first-order chi connectivity index (χ1) is 8.63. The first kappa shape index (κ1) is 14.7. The third-order valence-corrected chi connectivity index (χ3v) is 3.43. The van der Waals surface area contributed by atoms with Gasteiger partial charge in [-0.05, 0) is 31.2 Å². The number of hydrogen-bond acceptors (Lipinski definition) is 4. The largest absolute Gasteiger partial charge is 0.465 e. The van der Waals surface area contributed by atoms with Crippen LogP contribution >= 0.6 is 11.3 Å². The number of thiophene rings is 1. The van der Waals surface area contributed by atoms with Crippen LogP contribution in [0.5, 0.6) is 0 Å². The molecule has 0 radical (unpaired) electrons. The summed E-state index contributed by atoms with van der Waals surface area (Å²) in [4.78, 5) is 25.6. The summed E-state index contributed by atoms with van der Waals surface area (Å²) in [5, 5.41) is 2.03. The highest BCUT2D eigenvalue weighted by atomic mass is 32.1. The molecular formula is C13H19NO3S. The average molecular weight is 269 g/mol. The zero-order valence-corrected chi connectivity index (χ0v) is 11.7. The van der Waals surface area contributed by atoms with Gasteiger partial charge in [-0.2, -0.15) is 0 Å². The van der Waals surface area contributed by atoms with Crippen LogP contribution in [-0.4, -0.2) is 37.0 Å². The maximum absolute atomic E-state index is 11.7. The van der Waals surface area contributed by atoms with Crippen LogP contribution in [0.2, 0.25) is 0 Å². The minimum absolute atomic E-state index is 0.0143. The van der Waals surface area contributed by atoms with Gasteiger partial charge in [0.1, 0.15) is 6.54 Å². The number of esters is 1. The number of aryl methyl sites for hydroxylation is 1. The Balaban J connectivity index is 2.21. The predicted molar refractivity (Wildman–Crippen MR) is 71.5 cm³/mol. The Bertz CT molecular complexity index is 376. The number of nitrogens with zero attached hydrogens (tertiary/aromatic N) is 1. The van der Waals surface area contributed by atoms with Crippen molar-refractivity contribution < 1.29 is 14.3 Å². The van der Waals surface area contributed by atoms with Gasteiger partial charge in [-0.1, -0.05) is 6.07 Å². The second kappa shape index (κ2) is 7.87. The van der Waals surface area contributed by atoms with E-state index in [-0.39, 0.29) is 18.4 Å². The lowest BCUT2D eigenvalue weighted by molar-refractivity contribution is -0.148. The van der Waals surface area contributed by atoms with E-state index < -0.39 is 0 Å². The molecule has 1 aromatic heterocycles. The van der Waals surface area contributed by atoms with Crippen molar-refractivity contribution in [1.82, 2.24) is 4.90 Å². The molecule has 5 heteroatoms. The molecule has 0 saturated carbocycles. The quantitative estimate of drug-likeness (QED) is 0.712. The number of ether oxygens (including phenoxy) is 1. The van der Waals surface area contributed by atoms with Crippen molar-refractivity contribution >= 4 is 23.2 Å². The standard InChI is InChI=1S/C13H19NO3S/c1-3-17-13(16)10-14(2)12(15)8-4-6-11-7-5-9-18-11/h5,7,9H,3-4,6,8,10H2,1-2H3. The molecule has 0 aliphatic rings. The third kappa shape index (κ3) is 5.31. The van der Waals surface area contributed by atoms with Gasteiger partial charge in [0.2, 0.25) is 5.91 Å². The van der Waals surface area contributed by atoms with Gasteiger partial charge < -0.3 is 9.64 Å². The third-order valence-electron chi connectivity index (χ3n) is 2.49. The number of hydrogen-bond donors (Lipinski definition) is 0. The molecule has 1 aromatic rings. The summed E-state index contributed by atoms with van der Waals surface area (Å²) in [5.74, 6) is -0.369. The minimum atomic E-state index is -0.355. The van der Waals surface area contributed by atoms with Gasteiger partial charge in [-0.3, -0.25) is 9.59 Å². The van der Waals surface area contributed by atoms with E-state index in [2.05, 4.69) is 6.07 Å². The average Bonchev–Trinajstić information content (AvgIpc) is 2.82. The molecule has 0 atom stereocenters. The van der Waals surface area contributed by atoms with Crippen molar-refractivity contribution in [3.05, 3.63) is 22.4 Å². The molecule has 0 unspecified atom stereocenters. The van der Waals surface area contributed by atoms with E-state index in [4.69, 9.17) is 4.74 Å². The Morgan fingerprint density at radius 1 is 1.44 bits per heavy atom. The molecule has 18 heavy (non-hydrogen) atoms. The van der Waals surface area contributed by atoms with Crippen molar-refractivity contribution in [3.8, 4) is 0 Å². The Labute approximate surface area is 112 Å². The van der Waals surface area contributed by atoms with Gasteiger partial charge in [0.15, 0.2) is 0 Å². The Hall–Kier alpha value is -1.36. The van der Waals surface area contributed by atoms with Gasteiger partial charge in [0, 0.05) is 18.3 Å². The molecular weight excluding hydrogens is 250 g/mol. The highest BCUT2D eigenvalue weighted by Gasteiger charge is 2.13. The Morgan fingerprint density at radius 2 is 2.22 bits per heavy atom. The van der Waals surface area contributed by atoms with Crippen molar-refractivity contribution in [2.75, 3.05) is 20.2 Å². The maximum Gasteiger partial charge on any atom is 0.325 e. The van der Waals surface area contributed by atoms with Crippen molar-refractivity contribution in [3.63, 3.8) is 0 Å². The van der Waals surface area contributed by atoms with Gasteiger partial charge in [0.05, 0.1) is 6.61 Å². The van der Waals surface area contributed by atoms with Crippen LogP contribution in [0.3, 0.4) is 0 Å². The zero-order valence-electron chi connectivity index (χ0n) is 10.8. The SMILES string of the molecule is CCOC(=O)CN(C)C(=O)CCCc1cccs1. The van der Waals surface area contributed by atoms with Crippen molar-refractivity contribution in [2.45, 2.75) is 26.2 Å². The number of carbonyl (C=O) groups is 2. The fraction of sp³-hybridized carbons (Fsp3) is 0.538. The summed E-state index contributed by atoms with van der Waals surface area (Å²) in [6.45, 7) is 2.13. The van der Waals surface area contributed by atoms with Crippen LogP contribution in [0, 0.1) is 0 Å². The molecule has 0 aromatic carbocycles. The van der Waals surface area contributed by atoms with Crippen LogP contribution in [0.25, 0.3) is 0 Å². The topological polar surface area (TPSA) is 46.6 Å². The molecule has 1 rings (SSSR count). The molecule has 100 valence electrons. The summed E-state index contributed by atoms with van der Waals surface area (Å²) >= 11 is 1.70. The van der Waals surface area contributed by atoms with E-state index in [1.165, 1.54) is 9.78 Å². The summed E-state index contributed by atoms with van der Waals surface area (Å²) in [7, 11) is 1.63. The second-order valence-electron chi connectivity index (χ2n) is 3.99. The lowest BCUT2D eigenvalue weighted by Gasteiger charge is -2.15. The summed E-state index contributed by atoms with van der Waals surface area (Å²) in [6.07, 6.45) is 2.19. The van der Waals surface area contributed by atoms with E-state index in [0.717, 1.165) is 12.8 Å². The summed E-state index contributed by atoms with van der Waals surface area (Å²) in [6, 6.07) is 4.08. The van der Waals surface area contributed by atoms with Gasteiger partial charge >= 0.3 is 5.97 Å². The van der Waals surface area contributed by atoms with E-state index in [1.54, 1.807) is 25.3 Å². The number of likely N-dealkylation sites (N-methyl/N-ethyl adjacent to an activating group) is 1. The van der Waals surface area contributed by atoms with Gasteiger partial charge in [-0.25, -0.2) is 0 Å². The first-order valence-electron chi connectivity index (χ1n) is 6.05. The molecule has 0 spiro atoms. The fourth-order valence-corrected chi connectivity index (χ4v) is 2.30. The zero-order chi connectivity index (χ0) is 13.4. The molecule has 4 nitrogen and oxygen atoms in total. The highest BCUT2D eigenvalue weighted by Crippen LogP contribution is 2.12. The predicted octanol–water partition coefficient (Wildman–Crippen LogP) is 2.09. The van der Waals surface area contributed by atoms with E-state index in [9.17, 15) is 9.59 Å². The molecule has 0 aliphatic heterocycles. The lowest BCUT2D eigenvalue weighted by atomic mass is 10.2. The Morgan fingerprint density at radius 3 is 2.83 bits per heavy atom. The Kier molecular flexibility index (Phi) is 6.43. The van der Waals surface area contributed by atoms with Crippen LogP contribution in [0.1, 0.15) is 24.6 Å². The first-order valence-corrected chi connectivity index (χ1v) is 6.93. The molecule has 0 bridgehead atoms. The van der Waals surface area contributed by atoms with Crippen molar-refractivity contribution in [1.29, 1.82) is 0 Å². The van der Waals surface area contributed by atoms with Crippen molar-refractivity contribution in [2.24, 2.45) is 0 Å². The number of carbonyl (C=O) groups excluding carboxylic acids is 2. The molecule has 1 heterocycles. The fourth-order valence-electron chi connectivity index (χ4n) is 1.55. The van der Waals surface area contributed by atoms with Crippen LogP contribution in [0.4, 0.5) is 0 Å². The van der Waals surface area contributed by atoms with Crippen LogP contribution in [0.15, 0.2) is 17.5 Å². The van der Waals surface area contributed by atoms with Crippen LogP contribution < -0.4 is 0 Å². The van der Waals surface area contributed by atoms with E-state index in [0.29, 0.717) is 13.0 Å². The molecule has 0 aliphatic carbocycles. The lowest BCUT2D eigenvalue weighted by Crippen LogP contribution is -2.32. The molecule has 1 amide bonds. The van der Waals surface area contributed by atoms with Gasteiger partial charge in [0.25, 0.3) is 0 Å². The molecule has 0 saturated heterocycles. The molecule has 0 fully saturated rings. The summed E-state index contributed by atoms with van der Waals surface area (Å²) < 4.78 is 4.79. The van der Waals surface area contributed by atoms with Gasteiger partial charge in [-0.15, -0.1) is 11.3 Å². The number of amides is 1. The maximum atomic E-state index is 11.7. The molecule has 0 N–H and O–H groups in total. The highest BCUT2D eigenvalue weighted by molar-refractivity contribution is 7.09. The minimum Gasteiger partial charge on any atom is -0.465 e. The van der Waals surface area contributed by atoms with E-state index >= 15 is 0 Å². The monoisotopic (exact) mass is 269 g/mol. The van der Waals surface area contributed by atoms with E-state index in [1.807, 2.05) is 11.4 Å². The smallest absolute Gasteiger partial charge is 0.325 e. The number of rotatable bonds is 7. The second-order valence-corrected chi connectivity index (χ2v) is 5.02. The normalized spacial score (nSPS) is 10.1. The van der Waals surface area contributed by atoms with Crippen LogP contribution in [-0.2, 0) is 20.7 Å².